The topological polar surface area (TPSA) is 134 Å². The van der Waals surface area contributed by atoms with Crippen LogP contribution in [0.15, 0.2) is 60.0 Å². The van der Waals surface area contributed by atoms with Gasteiger partial charge in [-0.05, 0) is 42.7 Å². The molecule has 0 saturated carbocycles. The monoisotopic (exact) mass is 563 g/mol. The molecule has 0 bridgehead atoms. The third-order valence-corrected chi connectivity index (χ3v) is 7.51. The molecule has 14 heteroatoms. The first-order valence-electron chi connectivity index (χ1n) is 12.0. The number of alkyl halides is 3. The lowest BCUT2D eigenvalue weighted by atomic mass is 10.1. The fourth-order valence-electron chi connectivity index (χ4n) is 4.21. The number of halogens is 3. The number of nitrogens with one attached hydrogen (secondary N) is 2. The second kappa shape index (κ2) is 11.5. The van der Waals surface area contributed by atoms with Gasteiger partial charge in [-0.25, -0.2) is 22.5 Å². The molecule has 1 aliphatic heterocycles. The van der Waals surface area contributed by atoms with Gasteiger partial charge in [0.15, 0.2) is 0 Å². The molecule has 2 amide bonds. The van der Waals surface area contributed by atoms with Crippen molar-refractivity contribution >= 4 is 39.2 Å². The number of aliphatic imine (C=N–C) groups is 1. The van der Waals surface area contributed by atoms with Gasteiger partial charge in [0.2, 0.25) is 10.0 Å². The molecular formula is C25H28F3N7O3S. The van der Waals surface area contributed by atoms with Crippen molar-refractivity contribution in [2.75, 3.05) is 31.2 Å². The number of allylic oxidation sites excluding steroid dienone is 1. The van der Waals surface area contributed by atoms with Gasteiger partial charge in [0, 0.05) is 48.5 Å². The van der Waals surface area contributed by atoms with Gasteiger partial charge < -0.3 is 16.4 Å². The second-order valence-corrected chi connectivity index (χ2v) is 11.1. The van der Waals surface area contributed by atoms with E-state index < -0.39 is 28.8 Å². The smallest absolute Gasteiger partial charge is 0.404 e. The molecule has 0 atom stereocenters. The summed E-state index contributed by atoms with van der Waals surface area (Å²) in [5.74, 6) is 0. The van der Waals surface area contributed by atoms with Crippen LogP contribution in [-0.2, 0) is 10.0 Å². The third-order valence-electron chi connectivity index (χ3n) is 6.21. The predicted molar refractivity (Wildman–Crippen MR) is 144 cm³/mol. The number of piperidine rings is 1. The molecule has 4 N–H and O–H groups in total. The largest absolute Gasteiger partial charge is 0.405 e. The summed E-state index contributed by atoms with van der Waals surface area (Å²) in [5, 5.41) is 4.17. The highest BCUT2D eigenvalue weighted by Gasteiger charge is 2.27. The molecule has 0 radical (unpaired) electrons. The zero-order chi connectivity index (χ0) is 28.2. The number of hydrogen-bond acceptors (Lipinski definition) is 6. The number of carbonyl (C=O) groups excluding carboxylic acids is 1. The first kappa shape index (κ1) is 28.1. The van der Waals surface area contributed by atoms with Crippen molar-refractivity contribution in [3.8, 4) is 11.3 Å². The Morgan fingerprint density at radius 2 is 1.97 bits per heavy atom. The molecule has 2 aromatic heterocycles. The van der Waals surface area contributed by atoms with Gasteiger partial charge in [-0.1, -0.05) is 12.1 Å². The van der Waals surface area contributed by atoms with Crippen LogP contribution in [0.2, 0.25) is 0 Å². The van der Waals surface area contributed by atoms with Crippen LogP contribution >= 0.6 is 0 Å². The second-order valence-electron chi connectivity index (χ2n) is 9.08. The van der Waals surface area contributed by atoms with Crippen molar-refractivity contribution in [1.82, 2.24) is 19.0 Å². The Bertz CT molecular complexity index is 1510. The number of hydrogen-bond donors (Lipinski definition) is 3. The van der Waals surface area contributed by atoms with Crippen molar-refractivity contribution in [3.63, 3.8) is 0 Å². The van der Waals surface area contributed by atoms with E-state index >= 15 is 0 Å². The molecular weight excluding hydrogens is 535 g/mol. The van der Waals surface area contributed by atoms with E-state index in [-0.39, 0.29) is 6.04 Å². The Morgan fingerprint density at radius 1 is 1.23 bits per heavy atom. The first-order valence-corrected chi connectivity index (χ1v) is 13.9. The molecule has 1 fully saturated rings. The summed E-state index contributed by atoms with van der Waals surface area (Å²) in [6.45, 7) is -0.568. The number of aromatic nitrogens is 2. The number of pyridine rings is 1. The number of nitrogens with zero attached hydrogens (tertiary/aromatic N) is 4. The van der Waals surface area contributed by atoms with Gasteiger partial charge in [0.1, 0.15) is 12.2 Å². The Kier molecular flexibility index (Phi) is 8.25. The van der Waals surface area contributed by atoms with E-state index in [1.807, 2.05) is 22.7 Å². The van der Waals surface area contributed by atoms with Gasteiger partial charge in [-0.15, -0.1) is 0 Å². The summed E-state index contributed by atoms with van der Waals surface area (Å²) in [6, 6.07) is 9.40. The molecule has 0 spiro atoms. The zero-order valence-electron chi connectivity index (χ0n) is 21.0. The predicted octanol–water partition coefficient (Wildman–Crippen LogP) is 3.48. The minimum Gasteiger partial charge on any atom is -0.404 e. The number of rotatable bonds is 7. The number of imidazole rings is 1. The van der Waals surface area contributed by atoms with E-state index in [0.717, 1.165) is 5.56 Å². The summed E-state index contributed by atoms with van der Waals surface area (Å²) < 4.78 is 63.7. The van der Waals surface area contributed by atoms with Gasteiger partial charge in [0.25, 0.3) is 0 Å². The van der Waals surface area contributed by atoms with E-state index in [2.05, 4.69) is 15.3 Å². The maximum atomic E-state index is 12.3. The molecule has 0 aliphatic carbocycles. The Morgan fingerprint density at radius 3 is 2.64 bits per heavy atom. The summed E-state index contributed by atoms with van der Waals surface area (Å²) in [5.41, 5.74) is 9.70. The Balaban J connectivity index is 1.46. The number of benzene rings is 1. The minimum absolute atomic E-state index is 0.00358. The quantitative estimate of drug-likeness (QED) is 0.379. The average Bonchev–Trinajstić information content (AvgIpc) is 3.31. The molecule has 3 heterocycles. The summed E-state index contributed by atoms with van der Waals surface area (Å²) in [6.07, 6.45) is 4.56. The highest BCUT2D eigenvalue weighted by Crippen LogP contribution is 2.26. The van der Waals surface area contributed by atoms with Crippen molar-refractivity contribution in [3.05, 3.63) is 60.6 Å². The van der Waals surface area contributed by atoms with Crippen LogP contribution in [0.1, 0.15) is 18.4 Å². The van der Waals surface area contributed by atoms with Crippen molar-refractivity contribution < 1.29 is 26.4 Å². The molecule has 39 heavy (non-hydrogen) atoms. The summed E-state index contributed by atoms with van der Waals surface area (Å²) in [4.78, 5) is 20.9. The number of anilines is 1. The SMILES string of the molecule is CS(=O)(=O)N1CCC(N=CC(=CN)c2ccn3c(-c4cccc(NC(=O)NCC(F)(F)F)c4)cnc3c2)CC1. The van der Waals surface area contributed by atoms with Crippen LogP contribution in [0.25, 0.3) is 22.5 Å². The van der Waals surface area contributed by atoms with Gasteiger partial charge >= 0.3 is 12.2 Å². The fourth-order valence-corrected chi connectivity index (χ4v) is 5.08. The molecule has 1 aliphatic rings. The Labute approximate surface area is 223 Å². The lowest BCUT2D eigenvalue weighted by Crippen LogP contribution is -2.38. The van der Waals surface area contributed by atoms with Crippen LogP contribution in [-0.4, -0.2) is 72.5 Å². The molecule has 1 saturated heterocycles. The normalized spacial score (nSPS) is 16.2. The third kappa shape index (κ3) is 7.35. The fraction of sp³-hybridized carbons (Fsp3) is 0.320. The van der Waals surface area contributed by atoms with E-state index in [1.54, 1.807) is 42.0 Å². The molecule has 1 aromatic carbocycles. The first-order chi connectivity index (χ1) is 18.4. The zero-order valence-corrected chi connectivity index (χ0v) is 21.8. The number of carbonyl (C=O) groups is 1. The number of urea groups is 1. The van der Waals surface area contributed by atoms with Gasteiger partial charge in [-0.2, -0.15) is 13.2 Å². The lowest BCUT2D eigenvalue weighted by Gasteiger charge is -2.28. The summed E-state index contributed by atoms with van der Waals surface area (Å²) >= 11 is 0. The molecule has 3 aromatic rings. The molecule has 0 unspecified atom stereocenters. The maximum absolute atomic E-state index is 12.3. The number of sulfonamides is 1. The van der Waals surface area contributed by atoms with Crippen LogP contribution in [0, 0.1) is 0 Å². The Hall–Kier alpha value is -3.91. The number of nitrogens with two attached hydrogens (primary N) is 1. The molecule has 10 nitrogen and oxygen atoms in total. The highest BCUT2D eigenvalue weighted by atomic mass is 32.2. The maximum Gasteiger partial charge on any atom is 0.405 e. The number of fused-ring (bicyclic) bond motifs is 1. The standard InChI is InChI=1S/C25H28F3N7O3S/c1-39(37,38)34-8-6-20(7-9-34)30-14-19(13-29)17-5-10-35-22(15-31-23(35)12-17)18-3-2-4-21(11-18)33-24(36)32-16-25(26,27)28/h2-5,10-15,20H,6-9,16,29H2,1H3,(H2,32,33,36). The van der Waals surface area contributed by atoms with Crippen LogP contribution < -0.4 is 16.4 Å². The highest BCUT2D eigenvalue weighted by molar-refractivity contribution is 7.88. The van der Waals surface area contributed by atoms with Crippen LogP contribution in [0.3, 0.4) is 0 Å². The van der Waals surface area contributed by atoms with Crippen molar-refractivity contribution in [2.24, 2.45) is 10.7 Å². The van der Waals surface area contributed by atoms with E-state index in [0.29, 0.717) is 54.1 Å². The van der Waals surface area contributed by atoms with Gasteiger partial charge in [0.05, 0.1) is 24.2 Å². The van der Waals surface area contributed by atoms with E-state index in [1.165, 1.54) is 16.8 Å². The number of amides is 2. The lowest BCUT2D eigenvalue weighted by molar-refractivity contribution is -0.122. The van der Waals surface area contributed by atoms with Crippen LogP contribution in [0.4, 0.5) is 23.7 Å². The van der Waals surface area contributed by atoms with Gasteiger partial charge in [-0.3, -0.25) is 9.39 Å². The summed E-state index contributed by atoms with van der Waals surface area (Å²) in [7, 11) is -3.20. The molecule has 4 rings (SSSR count). The van der Waals surface area contributed by atoms with Crippen LogP contribution in [0.5, 0.6) is 0 Å². The van der Waals surface area contributed by atoms with E-state index in [9.17, 15) is 26.4 Å². The molecule has 208 valence electrons. The van der Waals surface area contributed by atoms with Crippen molar-refractivity contribution in [2.45, 2.75) is 25.1 Å². The van der Waals surface area contributed by atoms with Crippen molar-refractivity contribution in [1.29, 1.82) is 0 Å². The minimum atomic E-state index is -4.50. The van der Waals surface area contributed by atoms with E-state index in [4.69, 9.17) is 5.73 Å². The average molecular weight is 564 g/mol.